The van der Waals surface area contributed by atoms with Crippen molar-refractivity contribution in [3.8, 4) is 0 Å². The molecule has 1 aromatic heterocycles. The minimum absolute atomic E-state index is 0.685. The molecular weight excluding hydrogens is 202 g/mol. The molecule has 0 aliphatic carbocycles. The molecule has 0 fully saturated rings. The van der Waals surface area contributed by atoms with Crippen LogP contribution in [0.25, 0.3) is 11.0 Å². The Balaban J connectivity index is 2.29. The van der Waals surface area contributed by atoms with Crippen LogP contribution in [0.1, 0.15) is 6.92 Å². The standard InChI is InChI=1S/C10H10F2N2O/c1-7(10(11)12)15-14-6-13-8-4-2-3-5-9(8)14/h2-7,10H,1H3. The number of hydrogen-bond acceptors (Lipinski definition) is 2. The number of benzene rings is 1. The number of nitrogens with zero attached hydrogens (tertiary/aromatic N) is 2. The van der Waals surface area contributed by atoms with Crippen molar-refractivity contribution in [1.82, 2.24) is 9.71 Å². The van der Waals surface area contributed by atoms with Crippen LogP contribution in [0.4, 0.5) is 8.78 Å². The molecule has 15 heavy (non-hydrogen) atoms. The number of halogens is 2. The molecule has 0 radical (unpaired) electrons. The van der Waals surface area contributed by atoms with Gasteiger partial charge < -0.3 is 4.84 Å². The molecule has 1 unspecified atom stereocenters. The van der Waals surface area contributed by atoms with Crippen molar-refractivity contribution in [3.05, 3.63) is 30.6 Å². The summed E-state index contributed by atoms with van der Waals surface area (Å²) in [4.78, 5) is 9.06. The van der Waals surface area contributed by atoms with E-state index in [1.165, 1.54) is 18.0 Å². The lowest BCUT2D eigenvalue weighted by atomic mass is 10.3. The fraction of sp³-hybridized carbons (Fsp3) is 0.300. The van der Waals surface area contributed by atoms with E-state index in [1.54, 1.807) is 18.2 Å². The van der Waals surface area contributed by atoms with Gasteiger partial charge in [0.25, 0.3) is 6.43 Å². The Kier molecular flexibility index (Phi) is 2.53. The molecule has 0 aliphatic rings. The Morgan fingerprint density at radius 3 is 2.80 bits per heavy atom. The van der Waals surface area contributed by atoms with Crippen LogP contribution in [0, 0.1) is 0 Å². The van der Waals surface area contributed by atoms with Crippen molar-refractivity contribution in [2.75, 3.05) is 0 Å². The van der Waals surface area contributed by atoms with Crippen LogP contribution >= 0.6 is 0 Å². The third-order valence-corrected chi connectivity index (χ3v) is 2.06. The number of hydrogen-bond donors (Lipinski definition) is 0. The number of aromatic nitrogens is 2. The first-order chi connectivity index (χ1) is 7.18. The summed E-state index contributed by atoms with van der Waals surface area (Å²) in [5, 5.41) is 0. The molecule has 0 N–H and O–H groups in total. The average molecular weight is 212 g/mol. The highest BCUT2D eigenvalue weighted by atomic mass is 19.3. The van der Waals surface area contributed by atoms with E-state index >= 15 is 0 Å². The Labute approximate surface area is 85.2 Å². The molecule has 0 amide bonds. The van der Waals surface area contributed by atoms with Gasteiger partial charge >= 0.3 is 0 Å². The van der Waals surface area contributed by atoms with Gasteiger partial charge in [0, 0.05) is 0 Å². The van der Waals surface area contributed by atoms with Gasteiger partial charge in [0.2, 0.25) is 0 Å². The van der Waals surface area contributed by atoms with Gasteiger partial charge in [0.05, 0.1) is 5.52 Å². The summed E-state index contributed by atoms with van der Waals surface area (Å²) < 4.78 is 25.8. The molecule has 2 aromatic rings. The SMILES string of the molecule is CC(On1cnc2ccccc21)C(F)F. The van der Waals surface area contributed by atoms with Gasteiger partial charge in [-0.15, -0.1) is 0 Å². The zero-order valence-electron chi connectivity index (χ0n) is 8.10. The van der Waals surface area contributed by atoms with E-state index in [9.17, 15) is 8.78 Å². The maximum atomic E-state index is 12.3. The Hall–Kier alpha value is -1.65. The van der Waals surface area contributed by atoms with Gasteiger partial charge in [-0.05, 0) is 19.1 Å². The van der Waals surface area contributed by atoms with Crippen molar-refractivity contribution in [2.24, 2.45) is 0 Å². The molecule has 0 saturated carbocycles. The number of rotatable bonds is 3. The molecule has 0 aliphatic heterocycles. The van der Waals surface area contributed by atoms with Gasteiger partial charge in [-0.25, -0.2) is 13.8 Å². The summed E-state index contributed by atoms with van der Waals surface area (Å²) >= 11 is 0. The van der Waals surface area contributed by atoms with Crippen LogP contribution in [-0.4, -0.2) is 22.2 Å². The Morgan fingerprint density at radius 1 is 1.33 bits per heavy atom. The van der Waals surface area contributed by atoms with Crippen LogP contribution in [0.15, 0.2) is 30.6 Å². The highest BCUT2D eigenvalue weighted by Gasteiger charge is 2.17. The van der Waals surface area contributed by atoms with Crippen LogP contribution < -0.4 is 4.84 Å². The number of para-hydroxylation sites is 2. The van der Waals surface area contributed by atoms with E-state index in [0.717, 1.165) is 5.52 Å². The van der Waals surface area contributed by atoms with E-state index in [0.29, 0.717) is 5.52 Å². The molecular formula is C10H10F2N2O. The fourth-order valence-corrected chi connectivity index (χ4v) is 1.25. The number of alkyl halides is 2. The summed E-state index contributed by atoms with van der Waals surface area (Å²) in [5.41, 5.74) is 1.41. The predicted molar refractivity (Wildman–Crippen MR) is 51.8 cm³/mol. The zero-order valence-corrected chi connectivity index (χ0v) is 8.10. The monoisotopic (exact) mass is 212 g/mol. The predicted octanol–water partition coefficient (Wildman–Crippen LogP) is 2.12. The minimum Gasteiger partial charge on any atom is -0.403 e. The van der Waals surface area contributed by atoms with Gasteiger partial charge in [0.15, 0.2) is 6.10 Å². The van der Waals surface area contributed by atoms with Gasteiger partial charge in [-0.1, -0.05) is 12.1 Å². The normalized spacial score (nSPS) is 13.3. The summed E-state index contributed by atoms with van der Waals surface area (Å²) in [6, 6.07) is 7.19. The van der Waals surface area contributed by atoms with Crippen molar-refractivity contribution >= 4 is 11.0 Å². The topological polar surface area (TPSA) is 27.1 Å². The second-order valence-corrected chi connectivity index (χ2v) is 3.20. The molecule has 80 valence electrons. The number of imidazole rings is 1. The lowest BCUT2D eigenvalue weighted by molar-refractivity contribution is -0.0475. The van der Waals surface area contributed by atoms with Crippen LogP contribution in [0.3, 0.4) is 0 Å². The van der Waals surface area contributed by atoms with Crippen molar-refractivity contribution in [3.63, 3.8) is 0 Å². The summed E-state index contributed by atoms with van der Waals surface area (Å²) in [6.45, 7) is 1.32. The molecule has 1 atom stereocenters. The first-order valence-corrected chi connectivity index (χ1v) is 4.56. The highest BCUT2D eigenvalue weighted by Crippen LogP contribution is 2.12. The molecule has 1 aromatic carbocycles. The van der Waals surface area contributed by atoms with E-state index in [1.807, 2.05) is 6.07 Å². The Morgan fingerprint density at radius 2 is 2.07 bits per heavy atom. The molecule has 0 spiro atoms. The van der Waals surface area contributed by atoms with Crippen molar-refractivity contribution < 1.29 is 13.6 Å². The lowest BCUT2D eigenvalue weighted by Gasteiger charge is -2.13. The van der Waals surface area contributed by atoms with E-state index in [-0.39, 0.29) is 0 Å². The third kappa shape index (κ3) is 1.91. The second-order valence-electron chi connectivity index (χ2n) is 3.20. The average Bonchev–Trinajstić information content (AvgIpc) is 2.62. The molecule has 5 heteroatoms. The number of fused-ring (bicyclic) bond motifs is 1. The Bertz CT molecular complexity index is 455. The fourth-order valence-electron chi connectivity index (χ4n) is 1.25. The summed E-state index contributed by atoms with van der Waals surface area (Å²) in [5.74, 6) is 0. The molecule has 0 bridgehead atoms. The van der Waals surface area contributed by atoms with Gasteiger partial charge in [-0.2, -0.15) is 4.73 Å². The van der Waals surface area contributed by atoms with E-state index in [2.05, 4.69) is 4.98 Å². The zero-order chi connectivity index (χ0) is 10.8. The van der Waals surface area contributed by atoms with Gasteiger partial charge in [0.1, 0.15) is 11.8 Å². The van der Waals surface area contributed by atoms with Crippen molar-refractivity contribution in [1.29, 1.82) is 0 Å². The van der Waals surface area contributed by atoms with E-state index < -0.39 is 12.5 Å². The largest absolute Gasteiger partial charge is 0.403 e. The van der Waals surface area contributed by atoms with Crippen molar-refractivity contribution in [2.45, 2.75) is 19.5 Å². The molecule has 1 heterocycles. The van der Waals surface area contributed by atoms with Crippen LogP contribution in [0.5, 0.6) is 0 Å². The first kappa shape index (κ1) is 9.89. The first-order valence-electron chi connectivity index (χ1n) is 4.56. The van der Waals surface area contributed by atoms with Crippen LogP contribution in [0.2, 0.25) is 0 Å². The van der Waals surface area contributed by atoms with E-state index in [4.69, 9.17) is 4.84 Å². The molecule has 3 nitrogen and oxygen atoms in total. The summed E-state index contributed by atoms with van der Waals surface area (Å²) in [7, 11) is 0. The minimum atomic E-state index is -2.51. The highest BCUT2D eigenvalue weighted by molar-refractivity contribution is 5.74. The lowest BCUT2D eigenvalue weighted by Crippen LogP contribution is -2.28. The van der Waals surface area contributed by atoms with Crippen LogP contribution in [-0.2, 0) is 0 Å². The quantitative estimate of drug-likeness (QED) is 0.779. The second kappa shape index (κ2) is 3.84. The molecule has 0 saturated heterocycles. The maximum absolute atomic E-state index is 12.3. The van der Waals surface area contributed by atoms with Gasteiger partial charge in [-0.3, -0.25) is 0 Å². The summed E-state index contributed by atoms with van der Waals surface area (Å²) in [6.07, 6.45) is -2.27. The molecule has 2 rings (SSSR count). The smallest absolute Gasteiger partial charge is 0.277 e. The maximum Gasteiger partial charge on any atom is 0.277 e. The third-order valence-electron chi connectivity index (χ3n) is 2.06.